The van der Waals surface area contributed by atoms with Crippen molar-refractivity contribution in [3.63, 3.8) is 0 Å². The number of alkyl halides is 3. The number of rotatable bonds is 5. The van der Waals surface area contributed by atoms with Gasteiger partial charge in [-0.05, 0) is 42.0 Å². The van der Waals surface area contributed by atoms with Crippen molar-refractivity contribution in [3.8, 4) is 0 Å². The Morgan fingerprint density at radius 2 is 1.84 bits per heavy atom. The standard InChI is InChI=1S/C20H19ClF4N2O3.ClH/c21-14-3-7-16(8-4-14)26-19(28)30-18(20(23,24)25)12-27-9-10-29-17(11-27)13-1-5-15(22)6-2-13;/h1-8,17-18H,9-12H2,(H,26,28);1H/t17-,18?;/m1./s1. The number of nitrogens with zero attached hydrogens (tertiary/aromatic N) is 1. The largest absolute Gasteiger partial charge is 0.435 e. The Labute approximate surface area is 187 Å². The molecule has 3 rings (SSSR count). The molecule has 1 aliphatic heterocycles. The van der Waals surface area contributed by atoms with E-state index >= 15 is 0 Å². The van der Waals surface area contributed by atoms with E-state index in [0.717, 1.165) is 0 Å². The Hall–Kier alpha value is -2.07. The number of carbonyl (C=O) groups is 1. The Bertz CT molecular complexity index is 851. The van der Waals surface area contributed by atoms with E-state index in [4.69, 9.17) is 16.3 Å². The lowest BCUT2D eigenvalue weighted by Gasteiger charge is -2.35. The summed E-state index contributed by atoms with van der Waals surface area (Å²) in [4.78, 5) is 13.5. The molecule has 2 atom stereocenters. The number of morpholine rings is 1. The third kappa shape index (κ3) is 7.53. The highest BCUT2D eigenvalue weighted by Gasteiger charge is 2.44. The van der Waals surface area contributed by atoms with Crippen LogP contribution >= 0.6 is 24.0 Å². The maximum absolute atomic E-state index is 13.5. The van der Waals surface area contributed by atoms with E-state index in [0.29, 0.717) is 10.6 Å². The van der Waals surface area contributed by atoms with E-state index in [9.17, 15) is 22.4 Å². The minimum absolute atomic E-state index is 0. The predicted molar refractivity (Wildman–Crippen MR) is 110 cm³/mol. The monoisotopic (exact) mass is 482 g/mol. The average molecular weight is 483 g/mol. The summed E-state index contributed by atoms with van der Waals surface area (Å²) in [6, 6.07) is 11.5. The Morgan fingerprint density at radius 3 is 2.45 bits per heavy atom. The van der Waals surface area contributed by atoms with Crippen molar-refractivity contribution >= 4 is 35.8 Å². The molecule has 0 aliphatic carbocycles. The second-order valence-corrected chi connectivity index (χ2v) is 7.17. The zero-order valence-corrected chi connectivity index (χ0v) is 17.6. The van der Waals surface area contributed by atoms with Gasteiger partial charge >= 0.3 is 12.3 Å². The van der Waals surface area contributed by atoms with Gasteiger partial charge in [-0.25, -0.2) is 9.18 Å². The van der Waals surface area contributed by atoms with Gasteiger partial charge in [0.2, 0.25) is 6.10 Å². The topological polar surface area (TPSA) is 50.8 Å². The van der Waals surface area contributed by atoms with Gasteiger partial charge in [0.1, 0.15) is 5.82 Å². The lowest BCUT2D eigenvalue weighted by Crippen LogP contribution is -2.48. The van der Waals surface area contributed by atoms with Gasteiger partial charge in [0, 0.05) is 30.3 Å². The fourth-order valence-electron chi connectivity index (χ4n) is 3.00. The minimum atomic E-state index is -4.75. The lowest BCUT2D eigenvalue weighted by molar-refractivity contribution is -0.209. The number of anilines is 1. The van der Waals surface area contributed by atoms with Gasteiger partial charge in [-0.1, -0.05) is 23.7 Å². The summed E-state index contributed by atoms with van der Waals surface area (Å²) in [6.07, 6.45) is -8.79. The molecule has 1 aliphatic rings. The molecule has 1 fully saturated rings. The van der Waals surface area contributed by atoms with Crippen LogP contribution in [0.15, 0.2) is 48.5 Å². The molecule has 1 heterocycles. The highest BCUT2D eigenvalue weighted by Crippen LogP contribution is 2.27. The van der Waals surface area contributed by atoms with Crippen molar-refractivity contribution in [3.05, 3.63) is 64.9 Å². The summed E-state index contributed by atoms with van der Waals surface area (Å²) >= 11 is 5.74. The zero-order valence-electron chi connectivity index (χ0n) is 16.1. The van der Waals surface area contributed by atoms with Crippen LogP contribution in [0.4, 0.5) is 28.0 Å². The summed E-state index contributed by atoms with van der Waals surface area (Å²) in [5.41, 5.74) is 0.916. The van der Waals surface area contributed by atoms with Crippen LogP contribution in [0, 0.1) is 5.82 Å². The van der Waals surface area contributed by atoms with Gasteiger partial charge in [-0.3, -0.25) is 10.2 Å². The Morgan fingerprint density at radius 1 is 1.19 bits per heavy atom. The van der Waals surface area contributed by atoms with Gasteiger partial charge in [-0.2, -0.15) is 13.2 Å². The number of hydrogen-bond donors (Lipinski definition) is 1. The molecule has 0 saturated carbocycles. The number of benzene rings is 2. The number of carbonyl (C=O) groups excluding carboxylic acids is 1. The highest BCUT2D eigenvalue weighted by molar-refractivity contribution is 6.30. The van der Waals surface area contributed by atoms with Crippen LogP contribution in [0.5, 0.6) is 0 Å². The first-order valence-electron chi connectivity index (χ1n) is 9.10. The van der Waals surface area contributed by atoms with Gasteiger partial charge in [0.15, 0.2) is 0 Å². The van der Waals surface area contributed by atoms with E-state index in [-0.39, 0.29) is 37.8 Å². The average Bonchev–Trinajstić information content (AvgIpc) is 2.69. The van der Waals surface area contributed by atoms with Crippen LogP contribution in [-0.4, -0.2) is 49.5 Å². The van der Waals surface area contributed by atoms with Crippen LogP contribution in [0.1, 0.15) is 11.7 Å². The molecular formula is C20H20Cl2F4N2O3. The third-order valence-electron chi connectivity index (χ3n) is 4.52. The van der Waals surface area contributed by atoms with Crippen LogP contribution in [-0.2, 0) is 9.47 Å². The van der Waals surface area contributed by atoms with Crippen LogP contribution in [0.2, 0.25) is 5.02 Å². The van der Waals surface area contributed by atoms with E-state index in [1.54, 1.807) is 0 Å². The molecule has 1 saturated heterocycles. The lowest BCUT2D eigenvalue weighted by atomic mass is 10.1. The molecule has 2 aromatic rings. The molecule has 31 heavy (non-hydrogen) atoms. The third-order valence-corrected chi connectivity index (χ3v) is 4.77. The maximum Gasteiger partial charge on any atom is 0.426 e. The number of nitrogens with one attached hydrogen (secondary N) is 1. The first kappa shape index (κ1) is 25.2. The number of halogens is 6. The molecular weight excluding hydrogens is 463 g/mol. The van der Waals surface area contributed by atoms with Crippen molar-refractivity contribution in [2.24, 2.45) is 0 Å². The molecule has 170 valence electrons. The SMILES string of the molecule is Cl.O=C(Nc1ccc(Cl)cc1)OC(CN1CCO[C@@H](c2ccc(F)cc2)C1)C(F)(F)F. The summed E-state index contributed by atoms with van der Waals surface area (Å²) < 4.78 is 63.8. The molecule has 2 aromatic carbocycles. The summed E-state index contributed by atoms with van der Waals surface area (Å²) in [6.45, 7) is 0.0506. The molecule has 0 radical (unpaired) electrons. The molecule has 1 N–H and O–H groups in total. The van der Waals surface area contributed by atoms with Crippen molar-refractivity contribution < 1.29 is 31.8 Å². The predicted octanol–water partition coefficient (Wildman–Crippen LogP) is 5.45. The summed E-state index contributed by atoms with van der Waals surface area (Å²) in [5.74, 6) is -0.413. The van der Waals surface area contributed by atoms with Crippen LogP contribution in [0.25, 0.3) is 0 Å². The Balaban J connectivity index is 0.00000341. The molecule has 1 unspecified atom stereocenters. The van der Waals surface area contributed by atoms with Crippen molar-refractivity contribution in [1.29, 1.82) is 0 Å². The zero-order chi connectivity index (χ0) is 21.7. The fraction of sp³-hybridized carbons (Fsp3) is 0.350. The molecule has 11 heteroatoms. The van der Waals surface area contributed by atoms with Gasteiger partial charge < -0.3 is 9.47 Å². The normalized spacial score (nSPS) is 18.0. The molecule has 0 aromatic heterocycles. The minimum Gasteiger partial charge on any atom is -0.435 e. The molecule has 0 bridgehead atoms. The smallest absolute Gasteiger partial charge is 0.426 e. The van der Waals surface area contributed by atoms with Crippen molar-refractivity contribution in [2.45, 2.75) is 18.4 Å². The fourth-order valence-corrected chi connectivity index (χ4v) is 3.13. The van der Waals surface area contributed by atoms with E-state index in [1.807, 2.05) is 0 Å². The number of amides is 1. The molecule has 0 spiro atoms. The molecule has 1 amide bonds. The Kier molecular flexibility index (Phi) is 8.93. The van der Waals surface area contributed by atoms with E-state index in [1.165, 1.54) is 53.4 Å². The van der Waals surface area contributed by atoms with Crippen molar-refractivity contribution in [1.82, 2.24) is 4.90 Å². The van der Waals surface area contributed by atoms with Crippen molar-refractivity contribution in [2.75, 3.05) is 31.6 Å². The number of hydrogen-bond acceptors (Lipinski definition) is 4. The number of ether oxygens (including phenoxy) is 2. The molecule has 5 nitrogen and oxygen atoms in total. The van der Waals surface area contributed by atoms with Gasteiger partial charge in [0.25, 0.3) is 0 Å². The second kappa shape index (κ2) is 11.0. The summed E-state index contributed by atoms with van der Waals surface area (Å²) in [7, 11) is 0. The van der Waals surface area contributed by atoms with Crippen LogP contribution < -0.4 is 5.32 Å². The first-order valence-corrected chi connectivity index (χ1v) is 9.48. The van der Waals surface area contributed by atoms with Gasteiger partial charge in [-0.15, -0.1) is 12.4 Å². The van der Waals surface area contributed by atoms with Gasteiger partial charge in [0.05, 0.1) is 12.7 Å². The second-order valence-electron chi connectivity index (χ2n) is 6.74. The van der Waals surface area contributed by atoms with Crippen LogP contribution in [0.3, 0.4) is 0 Å². The summed E-state index contributed by atoms with van der Waals surface area (Å²) in [5, 5.41) is 2.67. The highest BCUT2D eigenvalue weighted by atomic mass is 35.5. The maximum atomic E-state index is 13.5. The first-order chi connectivity index (χ1) is 14.2. The quantitative estimate of drug-likeness (QED) is 0.575. The van der Waals surface area contributed by atoms with E-state index in [2.05, 4.69) is 10.1 Å². The van der Waals surface area contributed by atoms with E-state index < -0.39 is 36.8 Å².